The molecule has 1 N–H and O–H groups in total. The molecule has 1 heterocycles. The van der Waals surface area contributed by atoms with Gasteiger partial charge in [0.1, 0.15) is 5.57 Å². The molecule has 0 saturated carbocycles. The van der Waals surface area contributed by atoms with Crippen molar-refractivity contribution >= 4 is 62.8 Å². The second-order valence-corrected chi connectivity index (χ2v) is 7.04. The van der Waals surface area contributed by atoms with Gasteiger partial charge in [-0.1, -0.05) is 11.6 Å². The standard InChI is InChI=1S/C18H11BrClN3O6/c1-29-15-13(19)7-9(8-14(15)23(27)28)6-12-16(24)21-18(26)22(17(12)25)11-4-2-10(20)3-5-11/h2-8H,1H3,(H,21,24,26)/b12-6+. The molecular weight excluding hydrogens is 470 g/mol. The molecule has 1 fully saturated rings. The minimum Gasteiger partial charge on any atom is -0.489 e. The largest absolute Gasteiger partial charge is 0.489 e. The normalized spacial score (nSPS) is 15.5. The monoisotopic (exact) mass is 479 g/mol. The zero-order chi connectivity index (χ0) is 21.3. The molecule has 0 atom stereocenters. The Labute approximate surface area is 177 Å². The van der Waals surface area contributed by atoms with Crippen molar-refractivity contribution in [2.75, 3.05) is 12.0 Å². The van der Waals surface area contributed by atoms with Gasteiger partial charge in [-0.2, -0.15) is 0 Å². The average Bonchev–Trinajstić information content (AvgIpc) is 2.66. The van der Waals surface area contributed by atoms with Gasteiger partial charge in [-0.05, 0) is 57.9 Å². The maximum atomic E-state index is 12.8. The summed E-state index contributed by atoms with van der Waals surface area (Å²) in [5.74, 6) is -1.80. The second kappa shape index (κ2) is 8.02. The van der Waals surface area contributed by atoms with Crippen LogP contribution >= 0.6 is 27.5 Å². The van der Waals surface area contributed by atoms with Gasteiger partial charge in [-0.3, -0.25) is 25.0 Å². The maximum Gasteiger partial charge on any atom is 0.335 e. The van der Waals surface area contributed by atoms with E-state index in [1.54, 1.807) is 0 Å². The van der Waals surface area contributed by atoms with Gasteiger partial charge in [0.15, 0.2) is 0 Å². The van der Waals surface area contributed by atoms with Crippen molar-refractivity contribution in [1.82, 2.24) is 5.32 Å². The number of halogens is 2. The van der Waals surface area contributed by atoms with Gasteiger partial charge in [0.05, 0.1) is 22.2 Å². The Kier molecular flexibility index (Phi) is 5.66. The van der Waals surface area contributed by atoms with Crippen LogP contribution in [0.5, 0.6) is 5.75 Å². The molecule has 11 heteroatoms. The van der Waals surface area contributed by atoms with Crippen LogP contribution in [0.3, 0.4) is 0 Å². The van der Waals surface area contributed by atoms with Crippen molar-refractivity contribution in [3.8, 4) is 5.75 Å². The average molecular weight is 481 g/mol. The summed E-state index contributed by atoms with van der Waals surface area (Å²) in [7, 11) is 1.28. The molecule has 0 bridgehead atoms. The lowest BCUT2D eigenvalue weighted by molar-refractivity contribution is -0.385. The molecule has 1 aliphatic rings. The number of methoxy groups -OCH3 is 1. The van der Waals surface area contributed by atoms with E-state index < -0.39 is 22.8 Å². The number of rotatable bonds is 4. The fraction of sp³-hybridized carbons (Fsp3) is 0.0556. The molecule has 2 aromatic carbocycles. The molecule has 1 aliphatic heterocycles. The van der Waals surface area contributed by atoms with E-state index in [-0.39, 0.29) is 32.7 Å². The molecule has 1 saturated heterocycles. The van der Waals surface area contributed by atoms with Gasteiger partial charge in [0.2, 0.25) is 5.75 Å². The highest BCUT2D eigenvalue weighted by Gasteiger charge is 2.37. The predicted molar refractivity (Wildman–Crippen MR) is 108 cm³/mol. The first kappa shape index (κ1) is 20.5. The molecule has 2 aromatic rings. The molecule has 0 unspecified atom stereocenters. The Balaban J connectivity index is 2.07. The van der Waals surface area contributed by atoms with E-state index in [2.05, 4.69) is 21.2 Å². The lowest BCUT2D eigenvalue weighted by Gasteiger charge is -2.26. The first-order valence-electron chi connectivity index (χ1n) is 7.92. The molecule has 0 aromatic heterocycles. The summed E-state index contributed by atoms with van der Waals surface area (Å²) < 4.78 is 5.26. The number of imide groups is 2. The third-order valence-electron chi connectivity index (χ3n) is 3.94. The van der Waals surface area contributed by atoms with E-state index in [9.17, 15) is 24.5 Å². The Morgan fingerprint density at radius 1 is 1.21 bits per heavy atom. The van der Waals surface area contributed by atoms with Crippen LogP contribution < -0.4 is 15.0 Å². The van der Waals surface area contributed by atoms with Crippen molar-refractivity contribution in [1.29, 1.82) is 0 Å². The fourth-order valence-electron chi connectivity index (χ4n) is 2.67. The van der Waals surface area contributed by atoms with Crippen LogP contribution in [0.1, 0.15) is 5.56 Å². The highest BCUT2D eigenvalue weighted by molar-refractivity contribution is 9.10. The van der Waals surface area contributed by atoms with Gasteiger partial charge in [-0.25, -0.2) is 9.69 Å². The number of nitrogens with one attached hydrogen (secondary N) is 1. The molecule has 0 radical (unpaired) electrons. The van der Waals surface area contributed by atoms with Crippen LogP contribution in [0.4, 0.5) is 16.2 Å². The number of nitro benzene ring substituents is 1. The highest BCUT2D eigenvalue weighted by Crippen LogP contribution is 2.37. The zero-order valence-electron chi connectivity index (χ0n) is 14.6. The summed E-state index contributed by atoms with van der Waals surface area (Å²) in [5, 5.41) is 13.8. The van der Waals surface area contributed by atoms with Crippen molar-refractivity contribution in [2.45, 2.75) is 0 Å². The number of urea groups is 1. The molecule has 29 heavy (non-hydrogen) atoms. The van der Waals surface area contributed by atoms with Crippen molar-refractivity contribution in [3.63, 3.8) is 0 Å². The molecule has 9 nitrogen and oxygen atoms in total. The van der Waals surface area contributed by atoms with Crippen molar-refractivity contribution < 1.29 is 24.0 Å². The number of amides is 4. The summed E-state index contributed by atoms with van der Waals surface area (Å²) in [5.41, 5.74) is -0.334. The number of anilines is 1. The molecule has 4 amide bonds. The van der Waals surface area contributed by atoms with Gasteiger partial charge >= 0.3 is 11.7 Å². The number of nitro groups is 1. The molecule has 0 spiro atoms. The lowest BCUT2D eigenvalue weighted by Crippen LogP contribution is -2.54. The first-order chi connectivity index (χ1) is 13.7. The smallest absolute Gasteiger partial charge is 0.335 e. The van der Waals surface area contributed by atoms with Crippen LogP contribution in [-0.4, -0.2) is 29.9 Å². The highest BCUT2D eigenvalue weighted by atomic mass is 79.9. The Hall–Kier alpha value is -3.24. The van der Waals surface area contributed by atoms with Gasteiger partial charge in [0, 0.05) is 11.1 Å². The SMILES string of the molecule is COc1c(Br)cc(/C=C2\C(=O)NC(=O)N(c3ccc(Cl)cc3)C2=O)cc1[N+](=O)[O-]. The van der Waals surface area contributed by atoms with Crippen LogP contribution in [0.15, 0.2) is 46.4 Å². The van der Waals surface area contributed by atoms with E-state index in [0.29, 0.717) is 5.02 Å². The fourth-order valence-corrected chi connectivity index (χ4v) is 3.42. The van der Waals surface area contributed by atoms with Crippen molar-refractivity contribution in [2.24, 2.45) is 0 Å². The third kappa shape index (κ3) is 3.98. The topological polar surface area (TPSA) is 119 Å². The van der Waals surface area contributed by atoms with E-state index >= 15 is 0 Å². The molecule has 148 valence electrons. The lowest BCUT2D eigenvalue weighted by atomic mass is 10.1. The molecule has 0 aliphatic carbocycles. The van der Waals surface area contributed by atoms with E-state index in [4.69, 9.17) is 16.3 Å². The number of carbonyl (C=O) groups excluding carboxylic acids is 3. The number of hydrogen-bond acceptors (Lipinski definition) is 6. The van der Waals surface area contributed by atoms with E-state index in [0.717, 1.165) is 17.0 Å². The summed E-state index contributed by atoms with van der Waals surface area (Å²) in [6.07, 6.45) is 1.16. The predicted octanol–water partition coefficient (Wildman–Crippen LogP) is 3.69. The summed E-state index contributed by atoms with van der Waals surface area (Å²) in [4.78, 5) is 48.7. The van der Waals surface area contributed by atoms with E-state index in [1.165, 1.54) is 37.4 Å². The summed E-state index contributed by atoms with van der Waals surface area (Å²) in [6.45, 7) is 0. The number of barbiturate groups is 1. The van der Waals surface area contributed by atoms with Gasteiger partial charge in [-0.15, -0.1) is 0 Å². The van der Waals surface area contributed by atoms with Crippen LogP contribution in [0.2, 0.25) is 5.02 Å². The van der Waals surface area contributed by atoms with Crippen LogP contribution in [-0.2, 0) is 9.59 Å². The third-order valence-corrected chi connectivity index (χ3v) is 4.79. The zero-order valence-corrected chi connectivity index (χ0v) is 17.0. The Morgan fingerprint density at radius 3 is 2.45 bits per heavy atom. The minimum atomic E-state index is -0.917. The minimum absolute atomic E-state index is 0.00505. The number of nitrogens with zero attached hydrogens (tertiary/aromatic N) is 2. The Bertz CT molecular complexity index is 1080. The quantitative estimate of drug-likeness (QED) is 0.308. The van der Waals surface area contributed by atoms with Crippen LogP contribution in [0.25, 0.3) is 6.08 Å². The number of benzene rings is 2. The van der Waals surface area contributed by atoms with Crippen molar-refractivity contribution in [3.05, 3.63) is 67.1 Å². The maximum absolute atomic E-state index is 12.8. The number of carbonyl (C=O) groups is 3. The van der Waals surface area contributed by atoms with Gasteiger partial charge < -0.3 is 4.74 Å². The first-order valence-corrected chi connectivity index (χ1v) is 9.09. The number of hydrogen-bond donors (Lipinski definition) is 1. The number of ether oxygens (including phenoxy) is 1. The second-order valence-electron chi connectivity index (χ2n) is 5.75. The summed E-state index contributed by atoms with van der Waals surface area (Å²) in [6, 6.07) is 7.55. The molecule has 3 rings (SSSR count). The van der Waals surface area contributed by atoms with Gasteiger partial charge in [0.25, 0.3) is 11.8 Å². The van der Waals surface area contributed by atoms with E-state index in [1.807, 2.05) is 0 Å². The Morgan fingerprint density at radius 2 is 1.86 bits per heavy atom. The van der Waals surface area contributed by atoms with Crippen LogP contribution in [0, 0.1) is 10.1 Å². The molecular formula is C18H11BrClN3O6. The summed E-state index contributed by atoms with van der Waals surface area (Å²) >= 11 is 8.99.